The molecule has 8 atom stereocenters. The molecular weight excluding hydrogens is 558 g/mol. The molecule has 6 nitrogen and oxygen atoms in total. The van der Waals surface area contributed by atoms with Crippen LogP contribution in [0.2, 0.25) is 0 Å². The summed E-state index contributed by atoms with van der Waals surface area (Å²) in [4.78, 5) is 22.5. The molecule has 0 aliphatic heterocycles. The highest BCUT2D eigenvalue weighted by atomic mass is 16.6. The van der Waals surface area contributed by atoms with Crippen molar-refractivity contribution in [2.24, 2.45) is 51.4 Å². The molecule has 45 heavy (non-hydrogen) atoms. The molecular formula is C39H69N3O3. The van der Waals surface area contributed by atoms with Crippen molar-refractivity contribution in [1.29, 1.82) is 0 Å². The predicted molar refractivity (Wildman–Crippen MR) is 186 cm³/mol. The molecule has 4 saturated carbocycles. The van der Waals surface area contributed by atoms with E-state index < -0.39 is 5.60 Å². The van der Waals surface area contributed by atoms with E-state index in [1.807, 2.05) is 13.8 Å². The molecule has 1 amide bonds. The van der Waals surface area contributed by atoms with Crippen LogP contribution in [0.5, 0.6) is 0 Å². The normalized spacial score (nSPS) is 33.2. The van der Waals surface area contributed by atoms with Gasteiger partial charge in [0.1, 0.15) is 5.60 Å². The lowest BCUT2D eigenvalue weighted by Gasteiger charge is -2.39. The number of aliphatic hydroxyl groups is 1. The molecule has 4 aliphatic rings. The molecule has 6 heteroatoms. The van der Waals surface area contributed by atoms with Gasteiger partial charge in [0.2, 0.25) is 0 Å². The first kappa shape index (κ1) is 36.4. The van der Waals surface area contributed by atoms with E-state index in [2.05, 4.69) is 39.0 Å². The first-order valence-corrected chi connectivity index (χ1v) is 19.2. The zero-order valence-electron chi connectivity index (χ0n) is 30.0. The lowest BCUT2D eigenvalue weighted by atomic mass is 9.69. The monoisotopic (exact) mass is 628 g/mol. The predicted octanol–water partition coefficient (Wildman–Crippen LogP) is 9.99. The van der Waals surface area contributed by atoms with Gasteiger partial charge in [-0.3, -0.25) is 0 Å². The number of hydrogen-bond donors (Lipinski definition) is 2. The quantitative estimate of drug-likeness (QED) is 0.211. The molecule has 2 N–H and O–H groups in total. The molecule has 4 rings (SSSR count). The van der Waals surface area contributed by atoms with Gasteiger partial charge in [-0.25, -0.2) is 14.8 Å². The Bertz CT molecular complexity index is 971. The van der Waals surface area contributed by atoms with Crippen LogP contribution in [0, 0.1) is 41.4 Å². The maximum Gasteiger partial charge on any atom is 0.407 e. The highest BCUT2D eigenvalue weighted by molar-refractivity contribution is 5.68. The van der Waals surface area contributed by atoms with Gasteiger partial charge in [-0.15, -0.1) is 0 Å². The molecule has 0 aromatic carbocycles. The molecule has 0 spiro atoms. The van der Waals surface area contributed by atoms with Crippen LogP contribution < -0.4 is 5.32 Å². The minimum absolute atomic E-state index is 0.0173. The van der Waals surface area contributed by atoms with E-state index in [-0.39, 0.29) is 24.3 Å². The summed E-state index contributed by atoms with van der Waals surface area (Å²) in [6.07, 6.45) is 23.3. The summed E-state index contributed by atoms with van der Waals surface area (Å²) in [6.45, 7) is 13.2. The number of alkyl carbamates (subject to hydrolysis) is 1. The van der Waals surface area contributed by atoms with Crippen molar-refractivity contribution < 1.29 is 14.6 Å². The first-order valence-electron chi connectivity index (χ1n) is 19.2. The maximum atomic E-state index is 12.5. The third-order valence-electron chi connectivity index (χ3n) is 12.4. The summed E-state index contributed by atoms with van der Waals surface area (Å²) >= 11 is 0. The van der Waals surface area contributed by atoms with Crippen LogP contribution in [0.25, 0.3) is 0 Å². The zero-order valence-corrected chi connectivity index (χ0v) is 30.0. The number of aliphatic hydroxyl groups excluding tert-OH is 1. The van der Waals surface area contributed by atoms with Crippen LogP contribution in [0.4, 0.5) is 4.79 Å². The SMILES string of the molecule is CC(C)C1CCCC(CC2CCCC(N=C=NC(C)(C)C3CCCC(CC4CCCC(NC(=O)OC(C)(C)CCO)C4)C3)C2)C1. The molecule has 0 heterocycles. The molecule has 8 unspecified atom stereocenters. The average molecular weight is 628 g/mol. The molecule has 0 radical (unpaired) electrons. The smallest absolute Gasteiger partial charge is 0.407 e. The van der Waals surface area contributed by atoms with Gasteiger partial charge in [-0.1, -0.05) is 71.6 Å². The van der Waals surface area contributed by atoms with E-state index in [9.17, 15) is 9.90 Å². The van der Waals surface area contributed by atoms with E-state index in [0.717, 1.165) is 42.4 Å². The van der Waals surface area contributed by atoms with Crippen LogP contribution in [0.1, 0.15) is 164 Å². The third-order valence-corrected chi connectivity index (χ3v) is 12.4. The van der Waals surface area contributed by atoms with Crippen molar-refractivity contribution in [3.05, 3.63) is 0 Å². The van der Waals surface area contributed by atoms with Gasteiger partial charge in [-0.05, 0) is 127 Å². The van der Waals surface area contributed by atoms with Crippen LogP contribution in [0.3, 0.4) is 0 Å². The minimum atomic E-state index is -0.644. The summed E-state index contributed by atoms with van der Waals surface area (Å²) in [6, 6.07) is 3.87. The standard InChI is InChI=1S/C39H69N3O3/c1-28(2)33-15-7-11-29(23-33)21-31-13-9-17-35(25-31)40-27-41-39(5,6)34-16-8-12-30(24-34)22-32-14-10-18-36(26-32)42-37(44)45-38(3,4)19-20-43/h28-36,43H,7-26H2,1-6H3,(H,42,44). The average Bonchev–Trinajstić information content (AvgIpc) is 2.97. The highest BCUT2D eigenvalue weighted by Gasteiger charge is 2.36. The fraction of sp³-hybridized carbons (Fsp3) is 0.949. The van der Waals surface area contributed by atoms with Crippen molar-refractivity contribution in [3.8, 4) is 0 Å². The van der Waals surface area contributed by atoms with E-state index >= 15 is 0 Å². The van der Waals surface area contributed by atoms with Crippen molar-refractivity contribution >= 4 is 12.1 Å². The molecule has 258 valence electrons. The molecule has 4 aliphatic carbocycles. The van der Waals surface area contributed by atoms with Gasteiger partial charge in [0.05, 0.1) is 17.6 Å². The first-order chi connectivity index (χ1) is 21.4. The van der Waals surface area contributed by atoms with Crippen LogP contribution in [0.15, 0.2) is 9.98 Å². The van der Waals surface area contributed by atoms with Gasteiger partial charge < -0.3 is 15.2 Å². The Hall–Kier alpha value is -1.39. The van der Waals surface area contributed by atoms with E-state index in [4.69, 9.17) is 14.7 Å². The van der Waals surface area contributed by atoms with Crippen LogP contribution in [-0.4, -0.2) is 47.0 Å². The van der Waals surface area contributed by atoms with Crippen molar-refractivity contribution in [1.82, 2.24) is 5.32 Å². The number of rotatable bonds is 12. The van der Waals surface area contributed by atoms with Gasteiger partial charge in [0.25, 0.3) is 0 Å². The number of carbonyl (C=O) groups is 1. The second-order valence-electron chi connectivity index (χ2n) is 17.4. The topological polar surface area (TPSA) is 83.3 Å². The largest absolute Gasteiger partial charge is 0.443 e. The Morgan fingerprint density at radius 2 is 1.42 bits per heavy atom. The van der Waals surface area contributed by atoms with Gasteiger partial charge >= 0.3 is 6.09 Å². The molecule has 0 saturated heterocycles. The third kappa shape index (κ3) is 12.0. The van der Waals surface area contributed by atoms with Crippen LogP contribution >= 0.6 is 0 Å². The van der Waals surface area contributed by atoms with Gasteiger partial charge in [-0.2, -0.15) is 0 Å². The fourth-order valence-electron chi connectivity index (χ4n) is 9.57. The number of nitrogens with zero attached hydrogens (tertiary/aromatic N) is 2. The summed E-state index contributed by atoms with van der Waals surface area (Å²) in [5, 5.41) is 12.4. The fourth-order valence-corrected chi connectivity index (χ4v) is 9.57. The van der Waals surface area contributed by atoms with Crippen molar-refractivity contribution in [2.75, 3.05) is 6.61 Å². The summed E-state index contributed by atoms with van der Waals surface area (Å²) in [5.74, 6) is 5.55. The lowest BCUT2D eigenvalue weighted by molar-refractivity contribution is 0.0179. The lowest BCUT2D eigenvalue weighted by Crippen LogP contribution is -2.42. The summed E-state index contributed by atoms with van der Waals surface area (Å²) in [7, 11) is 0. The Balaban J connectivity index is 1.22. The van der Waals surface area contributed by atoms with Gasteiger partial charge in [0, 0.05) is 19.1 Å². The maximum absolute atomic E-state index is 12.5. The zero-order chi connectivity index (χ0) is 32.5. The number of hydrogen-bond acceptors (Lipinski definition) is 5. The number of ether oxygens (including phenoxy) is 1. The second-order valence-corrected chi connectivity index (χ2v) is 17.4. The molecule has 4 fully saturated rings. The summed E-state index contributed by atoms with van der Waals surface area (Å²) in [5.41, 5.74) is -0.763. The van der Waals surface area contributed by atoms with E-state index in [1.54, 1.807) is 0 Å². The molecule has 0 aromatic rings. The Morgan fingerprint density at radius 3 is 2.11 bits per heavy atom. The number of aliphatic imine (C=N–C) groups is 2. The van der Waals surface area contributed by atoms with Crippen molar-refractivity contribution in [3.63, 3.8) is 0 Å². The molecule has 0 aromatic heterocycles. The number of amides is 1. The minimum Gasteiger partial charge on any atom is -0.443 e. The van der Waals surface area contributed by atoms with E-state index in [0.29, 0.717) is 24.3 Å². The number of carbonyl (C=O) groups excluding carboxylic acids is 1. The summed E-state index contributed by atoms with van der Waals surface area (Å²) < 4.78 is 5.60. The van der Waals surface area contributed by atoms with E-state index in [1.165, 1.54) is 103 Å². The highest BCUT2D eigenvalue weighted by Crippen LogP contribution is 2.43. The second kappa shape index (κ2) is 17.1. The van der Waals surface area contributed by atoms with Crippen molar-refractivity contribution in [2.45, 2.75) is 187 Å². The molecule has 0 bridgehead atoms. The Morgan fingerprint density at radius 1 is 0.822 bits per heavy atom. The number of nitrogens with one attached hydrogen (secondary N) is 1. The Kier molecular flexibility index (Phi) is 13.9. The van der Waals surface area contributed by atoms with Crippen LogP contribution in [-0.2, 0) is 4.74 Å². The van der Waals surface area contributed by atoms with Gasteiger partial charge in [0.15, 0.2) is 0 Å². The Labute approximate surface area is 276 Å².